The number of benzene rings is 1. The lowest BCUT2D eigenvalue weighted by atomic mass is 10.1. The molecule has 1 aliphatic heterocycles. The van der Waals surface area contributed by atoms with Gasteiger partial charge in [-0.3, -0.25) is 4.79 Å². The summed E-state index contributed by atoms with van der Waals surface area (Å²) < 4.78 is 1.57. The Labute approximate surface area is 128 Å². The number of carbonyl (C=O) groups is 1. The van der Waals surface area contributed by atoms with Crippen molar-refractivity contribution in [3.05, 3.63) is 42.5 Å². The van der Waals surface area contributed by atoms with E-state index in [-0.39, 0.29) is 11.7 Å². The molecule has 0 unspecified atom stereocenters. The van der Waals surface area contributed by atoms with Crippen LogP contribution in [0.5, 0.6) is 0 Å². The van der Waals surface area contributed by atoms with Crippen molar-refractivity contribution in [2.24, 2.45) is 5.92 Å². The van der Waals surface area contributed by atoms with E-state index in [1.54, 1.807) is 9.58 Å². The monoisotopic (exact) mass is 296 g/mol. The summed E-state index contributed by atoms with van der Waals surface area (Å²) in [5.41, 5.74) is 0.856. The van der Waals surface area contributed by atoms with Gasteiger partial charge < -0.3 is 10.2 Å². The fourth-order valence-electron chi connectivity index (χ4n) is 2.48. The van der Waals surface area contributed by atoms with Gasteiger partial charge in [-0.05, 0) is 24.5 Å². The number of likely N-dealkylation sites (tertiary alicyclic amines) is 1. The zero-order valence-corrected chi connectivity index (χ0v) is 12.0. The molecule has 2 aromatic rings. The average molecular weight is 296 g/mol. The maximum atomic E-state index is 12.1. The normalized spacial score (nSPS) is 17.2. The van der Waals surface area contributed by atoms with Gasteiger partial charge in [0.1, 0.15) is 6.33 Å². The minimum atomic E-state index is -0.287. The summed E-state index contributed by atoms with van der Waals surface area (Å²) in [6, 6.07) is 9.51. The van der Waals surface area contributed by atoms with Crippen LogP contribution in [-0.2, 0) is 0 Å². The van der Waals surface area contributed by atoms with Crippen molar-refractivity contribution in [2.75, 3.05) is 19.6 Å². The smallest absolute Gasteiger partial charge is 0.290 e. The molecule has 7 heteroatoms. The number of nitriles is 1. The van der Waals surface area contributed by atoms with Crippen molar-refractivity contribution in [2.45, 2.75) is 6.42 Å². The maximum Gasteiger partial charge on any atom is 0.290 e. The molecule has 22 heavy (non-hydrogen) atoms. The molecule has 1 amide bonds. The van der Waals surface area contributed by atoms with Crippen LogP contribution in [0.25, 0.3) is 5.69 Å². The van der Waals surface area contributed by atoms with Crippen LogP contribution in [-0.4, -0.2) is 45.2 Å². The molecule has 0 saturated carbocycles. The van der Waals surface area contributed by atoms with Gasteiger partial charge in [0, 0.05) is 19.6 Å². The second kappa shape index (κ2) is 6.26. The van der Waals surface area contributed by atoms with E-state index in [0.29, 0.717) is 19.0 Å². The third kappa shape index (κ3) is 3.06. The van der Waals surface area contributed by atoms with Crippen molar-refractivity contribution in [3.63, 3.8) is 0 Å². The number of carbonyl (C=O) groups excluding carboxylic acids is 1. The number of rotatable bonds is 4. The molecular formula is C15H16N6O. The largest absolute Gasteiger partial charge is 0.349 e. The van der Waals surface area contributed by atoms with E-state index in [9.17, 15) is 4.79 Å². The van der Waals surface area contributed by atoms with Crippen LogP contribution in [0.2, 0.25) is 0 Å². The van der Waals surface area contributed by atoms with Gasteiger partial charge in [0.05, 0.1) is 5.69 Å². The molecule has 1 fully saturated rings. The van der Waals surface area contributed by atoms with Gasteiger partial charge >= 0.3 is 0 Å². The van der Waals surface area contributed by atoms with E-state index in [4.69, 9.17) is 5.26 Å². The minimum absolute atomic E-state index is 0.152. The molecule has 1 N–H and O–H groups in total. The highest BCUT2D eigenvalue weighted by molar-refractivity contribution is 5.90. The fraction of sp³-hybridized carbons (Fsp3) is 0.333. The first-order chi connectivity index (χ1) is 10.8. The summed E-state index contributed by atoms with van der Waals surface area (Å²) in [6.07, 6.45) is 4.57. The van der Waals surface area contributed by atoms with E-state index in [1.807, 2.05) is 30.3 Å². The molecule has 0 bridgehead atoms. The van der Waals surface area contributed by atoms with Crippen LogP contribution in [0, 0.1) is 17.4 Å². The predicted octanol–water partition coefficient (Wildman–Crippen LogP) is 0.800. The molecule has 1 aliphatic rings. The van der Waals surface area contributed by atoms with E-state index in [0.717, 1.165) is 18.7 Å². The van der Waals surface area contributed by atoms with Crippen LogP contribution in [0.1, 0.15) is 17.0 Å². The molecule has 0 spiro atoms. The second-order valence-corrected chi connectivity index (χ2v) is 5.26. The second-order valence-electron chi connectivity index (χ2n) is 5.26. The summed E-state index contributed by atoms with van der Waals surface area (Å²) in [6.45, 7) is 2.00. The van der Waals surface area contributed by atoms with Gasteiger partial charge in [-0.25, -0.2) is 9.67 Å². The van der Waals surface area contributed by atoms with E-state index < -0.39 is 0 Å². The number of aromatic nitrogens is 3. The molecule has 1 aromatic carbocycles. The van der Waals surface area contributed by atoms with Crippen molar-refractivity contribution in [1.29, 1.82) is 5.26 Å². The molecular weight excluding hydrogens is 280 g/mol. The Morgan fingerprint density at radius 3 is 2.95 bits per heavy atom. The van der Waals surface area contributed by atoms with E-state index >= 15 is 0 Å². The number of nitrogens with zero attached hydrogens (tertiary/aromatic N) is 5. The van der Waals surface area contributed by atoms with Gasteiger partial charge in [0.25, 0.3) is 5.91 Å². The van der Waals surface area contributed by atoms with E-state index in [1.165, 1.54) is 6.33 Å². The van der Waals surface area contributed by atoms with Gasteiger partial charge in [0.15, 0.2) is 6.19 Å². The summed E-state index contributed by atoms with van der Waals surface area (Å²) in [5.74, 6) is 0.170. The van der Waals surface area contributed by atoms with Gasteiger partial charge in [-0.15, -0.1) is 5.10 Å². The average Bonchev–Trinajstić information content (AvgIpc) is 3.22. The lowest BCUT2D eigenvalue weighted by Crippen LogP contribution is -2.31. The zero-order valence-electron chi connectivity index (χ0n) is 12.0. The Kier molecular flexibility index (Phi) is 4.01. The molecule has 0 aliphatic carbocycles. The molecule has 7 nitrogen and oxygen atoms in total. The minimum Gasteiger partial charge on any atom is -0.349 e. The predicted molar refractivity (Wildman–Crippen MR) is 79.0 cm³/mol. The van der Waals surface area contributed by atoms with Gasteiger partial charge in [0.2, 0.25) is 5.82 Å². The Morgan fingerprint density at radius 2 is 2.23 bits per heavy atom. The molecule has 1 atom stereocenters. The Bertz CT molecular complexity index is 690. The maximum absolute atomic E-state index is 12.1. The van der Waals surface area contributed by atoms with Crippen LogP contribution in [0.15, 0.2) is 36.7 Å². The Balaban J connectivity index is 1.57. The first-order valence-electron chi connectivity index (χ1n) is 7.16. The lowest BCUT2D eigenvalue weighted by molar-refractivity contribution is 0.0937. The number of hydrogen-bond donors (Lipinski definition) is 1. The molecule has 1 aromatic heterocycles. The first-order valence-corrected chi connectivity index (χ1v) is 7.16. The molecule has 3 rings (SSSR count). The number of nitrogens with one attached hydrogen (secondary N) is 1. The van der Waals surface area contributed by atoms with Crippen molar-refractivity contribution >= 4 is 5.91 Å². The van der Waals surface area contributed by atoms with E-state index in [2.05, 4.69) is 21.6 Å². The standard InChI is InChI=1S/C15H16N6O/c16-10-20-7-6-12(9-20)8-17-15(22)14-18-11-21(19-14)13-4-2-1-3-5-13/h1-5,11-12H,6-9H2,(H,17,22)/t12-/m1/s1. The highest BCUT2D eigenvalue weighted by Gasteiger charge is 2.22. The molecule has 2 heterocycles. The Morgan fingerprint density at radius 1 is 1.41 bits per heavy atom. The van der Waals surface area contributed by atoms with Crippen LogP contribution >= 0.6 is 0 Å². The summed E-state index contributed by atoms with van der Waals surface area (Å²) in [4.78, 5) is 17.8. The summed E-state index contributed by atoms with van der Waals surface area (Å²) >= 11 is 0. The van der Waals surface area contributed by atoms with Crippen LogP contribution in [0.3, 0.4) is 0 Å². The SMILES string of the molecule is N#CN1CC[C@H](CNC(=O)c2ncn(-c3ccccc3)n2)C1. The summed E-state index contributed by atoms with van der Waals surface area (Å²) in [7, 11) is 0. The van der Waals surface area contributed by atoms with Crippen LogP contribution in [0.4, 0.5) is 0 Å². The van der Waals surface area contributed by atoms with Crippen LogP contribution < -0.4 is 5.32 Å². The number of amides is 1. The Hall–Kier alpha value is -2.88. The molecule has 1 saturated heterocycles. The molecule has 0 radical (unpaired) electrons. The third-order valence-electron chi connectivity index (χ3n) is 3.69. The van der Waals surface area contributed by atoms with Crippen molar-refractivity contribution in [3.8, 4) is 11.9 Å². The highest BCUT2D eigenvalue weighted by Crippen LogP contribution is 2.14. The topological polar surface area (TPSA) is 86.8 Å². The zero-order chi connectivity index (χ0) is 15.4. The van der Waals surface area contributed by atoms with Gasteiger partial charge in [-0.1, -0.05) is 18.2 Å². The quantitative estimate of drug-likeness (QED) is 0.843. The number of hydrogen-bond acceptors (Lipinski definition) is 5. The van der Waals surface area contributed by atoms with Crippen molar-refractivity contribution in [1.82, 2.24) is 25.0 Å². The van der Waals surface area contributed by atoms with Gasteiger partial charge in [-0.2, -0.15) is 5.26 Å². The fourth-order valence-corrected chi connectivity index (χ4v) is 2.48. The first kappa shape index (κ1) is 14.1. The number of para-hydroxylation sites is 1. The summed E-state index contributed by atoms with van der Waals surface area (Å²) in [5, 5.41) is 15.8. The molecule has 112 valence electrons. The lowest BCUT2D eigenvalue weighted by Gasteiger charge is -2.09. The van der Waals surface area contributed by atoms with Crippen molar-refractivity contribution < 1.29 is 4.79 Å². The highest BCUT2D eigenvalue weighted by atomic mass is 16.2. The third-order valence-corrected chi connectivity index (χ3v) is 3.69.